The predicted octanol–water partition coefficient (Wildman–Crippen LogP) is 2.11. The van der Waals surface area contributed by atoms with Gasteiger partial charge in [-0.25, -0.2) is 0 Å². The normalized spacial score (nSPS) is 20.9. The summed E-state index contributed by atoms with van der Waals surface area (Å²) < 4.78 is 16.8. The standard InChI is InChI=1S/C21H17N3O5/c22-9-12-18(19-14(25)2-1-3-15(19)29-20(12)23)11-6-10-7-16-17(28-5-4-27-16)8-13(10)24-21(11)26/h6-8,18H,1-5,23H2,(H,24,26). The van der Waals surface area contributed by atoms with Gasteiger partial charge < -0.3 is 24.9 Å². The number of allylic oxidation sites excluding steroid dienone is 3. The molecule has 0 radical (unpaired) electrons. The van der Waals surface area contributed by atoms with E-state index < -0.39 is 11.5 Å². The van der Waals surface area contributed by atoms with Gasteiger partial charge in [-0.1, -0.05) is 0 Å². The molecule has 1 unspecified atom stereocenters. The molecule has 1 aliphatic carbocycles. The largest absolute Gasteiger partial charge is 0.486 e. The van der Waals surface area contributed by atoms with Crippen LogP contribution in [0.4, 0.5) is 0 Å². The Morgan fingerprint density at radius 1 is 1.10 bits per heavy atom. The number of aromatic nitrogens is 1. The van der Waals surface area contributed by atoms with Crippen molar-refractivity contribution < 1.29 is 19.0 Å². The highest BCUT2D eigenvalue weighted by Crippen LogP contribution is 2.43. The van der Waals surface area contributed by atoms with Gasteiger partial charge >= 0.3 is 0 Å². The van der Waals surface area contributed by atoms with E-state index in [0.29, 0.717) is 66.2 Å². The van der Waals surface area contributed by atoms with Crippen molar-refractivity contribution in [3.05, 3.63) is 56.9 Å². The van der Waals surface area contributed by atoms with Crippen LogP contribution >= 0.6 is 0 Å². The Morgan fingerprint density at radius 3 is 2.62 bits per heavy atom. The molecule has 0 amide bonds. The van der Waals surface area contributed by atoms with Gasteiger partial charge in [0.15, 0.2) is 17.3 Å². The van der Waals surface area contributed by atoms with Crippen molar-refractivity contribution in [1.29, 1.82) is 5.26 Å². The number of ketones is 1. The lowest BCUT2D eigenvalue weighted by Gasteiger charge is -2.30. The van der Waals surface area contributed by atoms with Gasteiger partial charge in [0.05, 0.1) is 11.4 Å². The van der Waals surface area contributed by atoms with E-state index in [1.165, 1.54) is 0 Å². The van der Waals surface area contributed by atoms with Crippen molar-refractivity contribution in [2.24, 2.45) is 5.73 Å². The number of hydrogen-bond acceptors (Lipinski definition) is 7. The first-order valence-electron chi connectivity index (χ1n) is 9.37. The monoisotopic (exact) mass is 391 g/mol. The fraction of sp³-hybridized carbons (Fsp3) is 0.286. The summed E-state index contributed by atoms with van der Waals surface area (Å²) in [6, 6.07) is 7.20. The summed E-state index contributed by atoms with van der Waals surface area (Å²) >= 11 is 0. The number of H-pyrrole nitrogens is 1. The maximum atomic E-state index is 13.0. The van der Waals surface area contributed by atoms with Crippen LogP contribution < -0.4 is 20.8 Å². The maximum absolute atomic E-state index is 13.0. The fourth-order valence-electron chi connectivity index (χ4n) is 4.14. The number of nitrogens with two attached hydrogens (primary N) is 1. The van der Waals surface area contributed by atoms with Crippen LogP contribution in [0.3, 0.4) is 0 Å². The summed E-state index contributed by atoms with van der Waals surface area (Å²) in [6.45, 7) is 0.884. The first-order chi connectivity index (χ1) is 14.1. The van der Waals surface area contributed by atoms with Gasteiger partial charge in [0, 0.05) is 35.4 Å². The number of benzene rings is 1. The van der Waals surface area contributed by atoms with Gasteiger partial charge in [0.1, 0.15) is 30.6 Å². The van der Waals surface area contributed by atoms with Crippen LogP contribution in [0.5, 0.6) is 11.5 Å². The second kappa shape index (κ2) is 6.41. The maximum Gasteiger partial charge on any atom is 0.252 e. The van der Waals surface area contributed by atoms with Crippen LogP contribution in [-0.4, -0.2) is 24.0 Å². The van der Waals surface area contributed by atoms with Gasteiger partial charge in [0.25, 0.3) is 5.56 Å². The Balaban J connectivity index is 1.74. The molecule has 5 rings (SSSR count). The molecule has 3 aliphatic rings. The third-order valence-corrected chi connectivity index (χ3v) is 5.45. The molecule has 0 fully saturated rings. The number of nitrogens with one attached hydrogen (secondary N) is 1. The molecule has 3 heterocycles. The van der Waals surface area contributed by atoms with E-state index in [4.69, 9.17) is 19.9 Å². The third-order valence-electron chi connectivity index (χ3n) is 5.45. The molecule has 8 heteroatoms. The van der Waals surface area contributed by atoms with Gasteiger partial charge in [-0.05, 0) is 18.6 Å². The highest BCUT2D eigenvalue weighted by atomic mass is 16.6. The highest BCUT2D eigenvalue weighted by Gasteiger charge is 2.39. The minimum atomic E-state index is -0.849. The lowest BCUT2D eigenvalue weighted by atomic mass is 9.78. The molecular formula is C21H17N3O5. The van der Waals surface area contributed by atoms with Crippen molar-refractivity contribution in [3.63, 3.8) is 0 Å². The average Bonchev–Trinajstić information content (AvgIpc) is 2.71. The smallest absolute Gasteiger partial charge is 0.252 e. The van der Waals surface area contributed by atoms with Gasteiger partial charge in [-0.15, -0.1) is 0 Å². The van der Waals surface area contributed by atoms with E-state index in [0.717, 1.165) is 0 Å². The number of carbonyl (C=O) groups excluding carboxylic acids is 1. The Morgan fingerprint density at radius 2 is 1.86 bits per heavy atom. The Bertz CT molecular complexity index is 1230. The summed E-state index contributed by atoms with van der Waals surface area (Å²) in [4.78, 5) is 28.5. The van der Waals surface area contributed by atoms with E-state index >= 15 is 0 Å². The number of hydrogen-bond donors (Lipinski definition) is 2. The van der Waals surface area contributed by atoms with Crippen molar-refractivity contribution in [2.75, 3.05) is 13.2 Å². The van der Waals surface area contributed by atoms with Crippen LogP contribution in [-0.2, 0) is 9.53 Å². The summed E-state index contributed by atoms with van der Waals surface area (Å²) in [6.07, 6.45) is 1.54. The molecule has 2 aliphatic heterocycles. The second-order valence-corrected chi connectivity index (χ2v) is 7.18. The Kier molecular flexibility index (Phi) is 3.84. The van der Waals surface area contributed by atoms with Gasteiger partial charge in [-0.3, -0.25) is 9.59 Å². The molecule has 0 saturated carbocycles. The predicted molar refractivity (Wildman–Crippen MR) is 102 cm³/mol. The van der Waals surface area contributed by atoms with Crippen LogP contribution in [0.2, 0.25) is 0 Å². The van der Waals surface area contributed by atoms with Crippen LogP contribution in [0.1, 0.15) is 30.7 Å². The number of pyridine rings is 1. The SMILES string of the molecule is N#CC1=C(N)OC2=C(C(=O)CCC2)C1c1cc2cc3c(cc2[nH]c1=O)OCCO3. The second-order valence-electron chi connectivity index (χ2n) is 7.18. The van der Waals surface area contributed by atoms with E-state index in [-0.39, 0.29) is 22.8 Å². The van der Waals surface area contributed by atoms with Crippen LogP contribution in [0.15, 0.2) is 45.8 Å². The minimum absolute atomic E-state index is 0.0624. The van der Waals surface area contributed by atoms with E-state index in [9.17, 15) is 14.9 Å². The Hall–Kier alpha value is -3.73. The summed E-state index contributed by atoms with van der Waals surface area (Å²) in [5, 5.41) is 10.4. The average molecular weight is 391 g/mol. The van der Waals surface area contributed by atoms with Crippen molar-refractivity contribution in [1.82, 2.24) is 4.98 Å². The number of nitrogens with zero attached hydrogens (tertiary/aromatic N) is 1. The molecule has 8 nitrogen and oxygen atoms in total. The topological polar surface area (TPSA) is 127 Å². The zero-order chi connectivity index (χ0) is 20.1. The van der Waals surface area contributed by atoms with E-state index in [2.05, 4.69) is 4.98 Å². The molecule has 0 spiro atoms. The van der Waals surface area contributed by atoms with Crippen molar-refractivity contribution in [2.45, 2.75) is 25.2 Å². The quantitative estimate of drug-likeness (QED) is 0.762. The number of rotatable bonds is 1. The van der Waals surface area contributed by atoms with E-state index in [1.54, 1.807) is 18.2 Å². The number of nitriles is 1. The number of carbonyl (C=O) groups is 1. The third kappa shape index (κ3) is 2.66. The number of Topliss-reactive ketones (excluding diaryl/α,β-unsaturated/α-hetero) is 1. The minimum Gasteiger partial charge on any atom is -0.486 e. The van der Waals surface area contributed by atoms with Gasteiger partial charge in [0.2, 0.25) is 5.88 Å². The highest BCUT2D eigenvalue weighted by molar-refractivity contribution is 5.99. The summed E-state index contributed by atoms with van der Waals surface area (Å²) in [5.74, 6) is 0.554. The lowest BCUT2D eigenvalue weighted by Crippen LogP contribution is -2.30. The number of fused-ring (bicyclic) bond motifs is 2. The van der Waals surface area contributed by atoms with Crippen molar-refractivity contribution in [3.8, 4) is 17.6 Å². The molecule has 1 atom stereocenters. The zero-order valence-corrected chi connectivity index (χ0v) is 15.4. The van der Waals surface area contributed by atoms with E-state index in [1.807, 2.05) is 6.07 Å². The molecule has 0 saturated heterocycles. The molecule has 146 valence electrons. The summed E-state index contributed by atoms with van der Waals surface area (Å²) in [5.41, 5.74) is 6.85. The fourth-order valence-corrected chi connectivity index (χ4v) is 4.14. The first-order valence-corrected chi connectivity index (χ1v) is 9.37. The molecule has 0 bridgehead atoms. The zero-order valence-electron chi connectivity index (χ0n) is 15.4. The molecule has 1 aromatic carbocycles. The molecule has 1 aromatic heterocycles. The number of aromatic amines is 1. The molecule has 3 N–H and O–H groups in total. The number of ether oxygens (including phenoxy) is 3. The first kappa shape index (κ1) is 17.4. The molecule has 2 aromatic rings. The Labute approximate surface area is 165 Å². The van der Waals surface area contributed by atoms with Crippen LogP contribution in [0, 0.1) is 11.3 Å². The van der Waals surface area contributed by atoms with Gasteiger partial charge in [-0.2, -0.15) is 5.26 Å². The summed E-state index contributed by atoms with van der Waals surface area (Å²) in [7, 11) is 0. The van der Waals surface area contributed by atoms with Crippen LogP contribution in [0.25, 0.3) is 10.9 Å². The van der Waals surface area contributed by atoms with Crippen molar-refractivity contribution >= 4 is 16.7 Å². The molecular weight excluding hydrogens is 374 g/mol. The molecule has 29 heavy (non-hydrogen) atoms. The lowest BCUT2D eigenvalue weighted by molar-refractivity contribution is -0.116.